The summed E-state index contributed by atoms with van der Waals surface area (Å²) in [6.07, 6.45) is 9.29. The monoisotopic (exact) mass is 348 g/mol. The summed E-state index contributed by atoms with van der Waals surface area (Å²) in [6, 6.07) is 5.86. The molecule has 0 radical (unpaired) electrons. The van der Waals surface area contributed by atoms with Crippen LogP contribution in [0.15, 0.2) is 37.1 Å². The molecule has 1 aliphatic heterocycles. The lowest BCUT2D eigenvalue weighted by Crippen LogP contribution is -2.36. The summed E-state index contributed by atoms with van der Waals surface area (Å²) in [4.78, 5) is 10.7. The second kappa shape index (κ2) is 6.96. The maximum atomic E-state index is 9.35. The van der Waals surface area contributed by atoms with Crippen LogP contribution in [0.2, 0.25) is 0 Å². The van der Waals surface area contributed by atoms with Crippen molar-refractivity contribution in [2.75, 3.05) is 18.0 Å². The van der Waals surface area contributed by atoms with Crippen LogP contribution in [0, 0.1) is 11.3 Å². The number of nitrogens with zero attached hydrogens (tertiary/aromatic N) is 8. The Kier molecular flexibility index (Phi) is 4.35. The third kappa shape index (κ3) is 3.04. The molecule has 0 spiro atoms. The van der Waals surface area contributed by atoms with Gasteiger partial charge in [-0.15, -0.1) is 10.2 Å². The van der Waals surface area contributed by atoms with Gasteiger partial charge in [0.1, 0.15) is 17.7 Å². The molecule has 1 saturated heterocycles. The fourth-order valence-corrected chi connectivity index (χ4v) is 3.53. The average Bonchev–Trinajstić information content (AvgIpc) is 3.32. The molecule has 3 aromatic rings. The summed E-state index contributed by atoms with van der Waals surface area (Å²) in [5.74, 6) is 2.93. The predicted molar refractivity (Wildman–Crippen MR) is 95.5 cm³/mol. The van der Waals surface area contributed by atoms with Gasteiger partial charge in [-0.3, -0.25) is 0 Å². The molecule has 0 amide bonds. The topological polar surface area (TPSA) is 88.4 Å². The number of nitriles is 1. The van der Waals surface area contributed by atoms with E-state index in [1.54, 1.807) is 24.8 Å². The maximum absolute atomic E-state index is 9.35. The third-order valence-electron chi connectivity index (χ3n) is 4.88. The Hall–Kier alpha value is -3.21. The maximum Gasteiger partial charge on any atom is 0.152 e. The van der Waals surface area contributed by atoms with E-state index in [0.29, 0.717) is 12.1 Å². The molecular formula is C18H20N8. The number of piperidine rings is 1. The first-order valence-corrected chi connectivity index (χ1v) is 8.70. The minimum atomic E-state index is 0.270. The normalized spacial score (nSPS) is 17.2. The summed E-state index contributed by atoms with van der Waals surface area (Å²) in [6.45, 7) is 2.35. The van der Waals surface area contributed by atoms with Crippen LogP contribution in [0.5, 0.6) is 0 Å². The van der Waals surface area contributed by atoms with Gasteiger partial charge in [0.25, 0.3) is 0 Å². The highest BCUT2D eigenvalue weighted by molar-refractivity contribution is 5.53. The van der Waals surface area contributed by atoms with E-state index in [-0.39, 0.29) is 5.92 Å². The SMILES string of the molecule is Cn1c(Cn2ccnc2)nnc1[C@H]1CCCN(c2ncccc2C#N)C1. The number of imidazole rings is 1. The van der Waals surface area contributed by atoms with Gasteiger partial charge < -0.3 is 14.0 Å². The van der Waals surface area contributed by atoms with Crippen LogP contribution >= 0.6 is 0 Å². The van der Waals surface area contributed by atoms with Crippen LogP contribution in [-0.2, 0) is 13.6 Å². The van der Waals surface area contributed by atoms with Gasteiger partial charge in [-0.05, 0) is 25.0 Å². The molecule has 8 nitrogen and oxygen atoms in total. The summed E-state index contributed by atoms with van der Waals surface area (Å²) in [5, 5.41) is 18.2. The highest BCUT2D eigenvalue weighted by atomic mass is 15.3. The molecule has 1 atom stereocenters. The molecule has 4 rings (SSSR count). The van der Waals surface area contributed by atoms with E-state index in [0.717, 1.165) is 43.4 Å². The number of pyridine rings is 1. The molecular weight excluding hydrogens is 328 g/mol. The standard InChI is InChI=1S/C18H20N8/c1-24-16(12-25-9-7-20-13-25)22-23-18(24)15-5-3-8-26(11-15)17-14(10-19)4-2-6-21-17/h2,4,6-7,9,13,15H,3,5,8,11-12H2,1H3/t15-/m0/s1. The molecule has 26 heavy (non-hydrogen) atoms. The van der Waals surface area contributed by atoms with E-state index >= 15 is 0 Å². The van der Waals surface area contributed by atoms with Crippen molar-refractivity contribution in [2.45, 2.75) is 25.3 Å². The van der Waals surface area contributed by atoms with E-state index in [1.165, 1.54) is 0 Å². The molecule has 1 fully saturated rings. The van der Waals surface area contributed by atoms with Gasteiger partial charge in [0.2, 0.25) is 0 Å². The Morgan fingerprint density at radius 2 is 2.23 bits per heavy atom. The molecule has 3 aromatic heterocycles. The number of rotatable bonds is 4. The van der Waals surface area contributed by atoms with Crippen LogP contribution in [-0.4, -0.2) is 42.4 Å². The van der Waals surface area contributed by atoms with Crippen LogP contribution in [0.4, 0.5) is 5.82 Å². The lowest BCUT2D eigenvalue weighted by Gasteiger charge is -2.33. The Morgan fingerprint density at radius 3 is 3.04 bits per heavy atom. The van der Waals surface area contributed by atoms with E-state index in [4.69, 9.17) is 0 Å². The minimum Gasteiger partial charge on any atom is -0.355 e. The van der Waals surface area contributed by atoms with Gasteiger partial charge >= 0.3 is 0 Å². The zero-order valence-corrected chi connectivity index (χ0v) is 14.7. The van der Waals surface area contributed by atoms with Gasteiger partial charge in [0.05, 0.1) is 18.4 Å². The number of anilines is 1. The number of hydrogen-bond donors (Lipinski definition) is 0. The van der Waals surface area contributed by atoms with Crippen molar-refractivity contribution in [1.29, 1.82) is 5.26 Å². The summed E-state index contributed by atoms with van der Waals surface area (Å²) in [7, 11) is 2.02. The molecule has 0 saturated carbocycles. The molecule has 0 unspecified atom stereocenters. The molecule has 0 N–H and O–H groups in total. The summed E-state index contributed by atoms with van der Waals surface area (Å²) in [5.41, 5.74) is 0.618. The molecule has 4 heterocycles. The molecule has 1 aliphatic rings. The Balaban J connectivity index is 1.55. The Morgan fingerprint density at radius 1 is 1.31 bits per heavy atom. The summed E-state index contributed by atoms with van der Waals surface area (Å²) < 4.78 is 4.06. The van der Waals surface area contributed by atoms with E-state index < -0.39 is 0 Å². The molecule has 8 heteroatoms. The fraction of sp³-hybridized carbons (Fsp3) is 0.389. The smallest absolute Gasteiger partial charge is 0.152 e. The quantitative estimate of drug-likeness (QED) is 0.713. The van der Waals surface area contributed by atoms with E-state index in [2.05, 4.69) is 35.7 Å². The Bertz CT molecular complexity index is 921. The second-order valence-corrected chi connectivity index (χ2v) is 6.54. The van der Waals surface area contributed by atoms with E-state index in [9.17, 15) is 5.26 Å². The lowest BCUT2D eigenvalue weighted by atomic mass is 9.97. The fourth-order valence-electron chi connectivity index (χ4n) is 3.53. The summed E-state index contributed by atoms with van der Waals surface area (Å²) >= 11 is 0. The predicted octanol–water partition coefficient (Wildman–Crippen LogP) is 1.71. The highest BCUT2D eigenvalue weighted by Crippen LogP contribution is 2.29. The van der Waals surface area contributed by atoms with Crippen molar-refractivity contribution < 1.29 is 0 Å². The van der Waals surface area contributed by atoms with Crippen molar-refractivity contribution in [3.63, 3.8) is 0 Å². The van der Waals surface area contributed by atoms with Crippen LogP contribution in [0.25, 0.3) is 0 Å². The molecule has 0 aromatic carbocycles. The molecule has 132 valence electrons. The highest BCUT2D eigenvalue weighted by Gasteiger charge is 2.27. The van der Waals surface area contributed by atoms with Crippen LogP contribution < -0.4 is 4.90 Å². The van der Waals surface area contributed by atoms with E-state index in [1.807, 2.05) is 23.9 Å². The van der Waals surface area contributed by atoms with Gasteiger partial charge in [0.15, 0.2) is 5.82 Å². The Labute approximate surface area is 151 Å². The van der Waals surface area contributed by atoms with Crippen molar-refractivity contribution >= 4 is 5.82 Å². The van der Waals surface area contributed by atoms with Gasteiger partial charge in [-0.1, -0.05) is 0 Å². The van der Waals surface area contributed by atoms with Crippen molar-refractivity contribution in [3.8, 4) is 6.07 Å². The van der Waals surface area contributed by atoms with Crippen molar-refractivity contribution in [3.05, 3.63) is 54.3 Å². The van der Waals surface area contributed by atoms with Gasteiger partial charge in [-0.25, -0.2) is 9.97 Å². The third-order valence-corrected chi connectivity index (χ3v) is 4.88. The minimum absolute atomic E-state index is 0.270. The zero-order chi connectivity index (χ0) is 17.9. The van der Waals surface area contributed by atoms with Crippen LogP contribution in [0.1, 0.15) is 36.0 Å². The first-order chi connectivity index (χ1) is 12.8. The van der Waals surface area contributed by atoms with Gasteiger partial charge in [0, 0.05) is 44.6 Å². The molecule has 0 bridgehead atoms. The van der Waals surface area contributed by atoms with Crippen molar-refractivity contribution in [1.82, 2.24) is 29.3 Å². The largest absolute Gasteiger partial charge is 0.355 e. The number of aromatic nitrogens is 6. The molecule has 0 aliphatic carbocycles. The van der Waals surface area contributed by atoms with Crippen LogP contribution in [0.3, 0.4) is 0 Å². The van der Waals surface area contributed by atoms with Crippen molar-refractivity contribution in [2.24, 2.45) is 7.05 Å². The lowest BCUT2D eigenvalue weighted by molar-refractivity contribution is 0.475. The average molecular weight is 348 g/mol. The zero-order valence-electron chi connectivity index (χ0n) is 14.7. The van der Waals surface area contributed by atoms with Gasteiger partial charge in [-0.2, -0.15) is 5.26 Å². The second-order valence-electron chi connectivity index (χ2n) is 6.54. The first kappa shape index (κ1) is 16.3. The number of hydrogen-bond acceptors (Lipinski definition) is 6. The first-order valence-electron chi connectivity index (χ1n) is 8.70.